The minimum Gasteiger partial charge on any atom is -0.297 e. The van der Waals surface area contributed by atoms with E-state index in [-0.39, 0.29) is 11.3 Å². The average molecular weight is 330 g/mol. The molecule has 1 atom stereocenters. The molecule has 0 radical (unpaired) electrons. The molecule has 1 unspecified atom stereocenters. The van der Waals surface area contributed by atoms with E-state index < -0.39 is 21.7 Å². The number of nitrogens with zero attached hydrogens (tertiary/aromatic N) is 1. The van der Waals surface area contributed by atoms with Crippen molar-refractivity contribution in [2.45, 2.75) is 43.5 Å². The van der Waals surface area contributed by atoms with Gasteiger partial charge in [0.15, 0.2) is 0 Å². The van der Waals surface area contributed by atoms with Crippen molar-refractivity contribution in [3.8, 4) is 0 Å². The fourth-order valence-corrected chi connectivity index (χ4v) is 4.50. The largest absolute Gasteiger partial charge is 0.297 e. The lowest BCUT2D eigenvalue weighted by atomic mass is 10.1. The summed E-state index contributed by atoms with van der Waals surface area (Å²) >= 11 is 0. The van der Waals surface area contributed by atoms with E-state index in [0.29, 0.717) is 18.7 Å². The van der Waals surface area contributed by atoms with Gasteiger partial charge < -0.3 is 0 Å². The van der Waals surface area contributed by atoms with Crippen LogP contribution in [0, 0.1) is 11.6 Å². The van der Waals surface area contributed by atoms with E-state index in [1.165, 1.54) is 12.1 Å². The van der Waals surface area contributed by atoms with Crippen molar-refractivity contribution < 1.29 is 17.2 Å². The van der Waals surface area contributed by atoms with Gasteiger partial charge in [-0.15, -0.1) is 0 Å². The van der Waals surface area contributed by atoms with Crippen molar-refractivity contribution in [1.82, 2.24) is 9.62 Å². The molecular weight excluding hydrogens is 310 g/mol. The molecule has 1 saturated carbocycles. The van der Waals surface area contributed by atoms with Crippen LogP contribution in [0.3, 0.4) is 0 Å². The van der Waals surface area contributed by atoms with Gasteiger partial charge in [-0.05, 0) is 38.3 Å². The first-order chi connectivity index (χ1) is 10.4. The van der Waals surface area contributed by atoms with Gasteiger partial charge in [0, 0.05) is 30.8 Å². The lowest BCUT2D eigenvalue weighted by molar-refractivity contribution is 0.192. The van der Waals surface area contributed by atoms with E-state index in [2.05, 4.69) is 4.72 Å². The molecule has 2 fully saturated rings. The lowest BCUT2D eigenvalue weighted by Crippen LogP contribution is -2.48. The number of hydrogen-bond acceptors (Lipinski definition) is 3. The highest BCUT2D eigenvalue weighted by atomic mass is 32.2. The zero-order chi connectivity index (χ0) is 15.7. The number of piperidine rings is 1. The van der Waals surface area contributed by atoms with Crippen molar-refractivity contribution in [2.75, 3.05) is 13.1 Å². The van der Waals surface area contributed by atoms with Crippen LogP contribution in [0.15, 0.2) is 18.2 Å². The van der Waals surface area contributed by atoms with Crippen LogP contribution >= 0.6 is 0 Å². The minimum absolute atomic E-state index is 0.122. The summed E-state index contributed by atoms with van der Waals surface area (Å²) in [7, 11) is -3.20. The monoisotopic (exact) mass is 330 g/mol. The molecule has 0 bridgehead atoms. The molecule has 3 rings (SSSR count). The Morgan fingerprint density at radius 2 is 2.00 bits per heavy atom. The molecule has 0 amide bonds. The summed E-state index contributed by atoms with van der Waals surface area (Å²) in [4.78, 5) is 2.01. The summed E-state index contributed by atoms with van der Waals surface area (Å²) in [5.74, 6) is -1.14. The first-order valence-corrected chi connectivity index (χ1v) is 9.16. The second-order valence-corrected chi connectivity index (χ2v) is 8.16. The summed E-state index contributed by atoms with van der Waals surface area (Å²) in [6, 6.07) is 3.45. The van der Waals surface area contributed by atoms with Gasteiger partial charge in [-0.25, -0.2) is 21.9 Å². The van der Waals surface area contributed by atoms with Gasteiger partial charge in [0.2, 0.25) is 10.0 Å². The molecule has 1 aliphatic carbocycles. The summed E-state index contributed by atoms with van der Waals surface area (Å²) in [6.07, 6.45) is 3.15. The molecule has 1 aliphatic heterocycles. The quantitative estimate of drug-likeness (QED) is 0.898. The first kappa shape index (κ1) is 15.8. The Kier molecular flexibility index (Phi) is 4.47. The van der Waals surface area contributed by atoms with Gasteiger partial charge in [-0.3, -0.25) is 4.90 Å². The Balaban J connectivity index is 1.60. The van der Waals surface area contributed by atoms with Gasteiger partial charge >= 0.3 is 0 Å². The number of nitrogens with one attached hydrogen (secondary N) is 1. The average Bonchev–Trinajstić information content (AvgIpc) is 3.27. The first-order valence-electron chi connectivity index (χ1n) is 7.61. The van der Waals surface area contributed by atoms with E-state index >= 15 is 0 Å². The third-order valence-electron chi connectivity index (χ3n) is 4.21. The van der Waals surface area contributed by atoms with E-state index in [0.717, 1.165) is 38.3 Å². The Bertz CT molecular complexity index is 647. The van der Waals surface area contributed by atoms with Gasteiger partial charge in [0.05, 0.1) is 5.25 Å². The van der Waals surface area contributed by atoms with Crippen molar-refractivity contribution in [1.29, 1.82) is 0 Å². The molecule has 122 valence electrons. The molecule has 1 N–H and O–H groups in total. The Labute approximate surface area is 129 Å². The minimum atomic E-state index is -3.20. The van der Waals surface area contributed by atoms with Crippen LogP contribution in [0.2, 0.25) is 0 Å². The van der Waals surface area contributed by atoms with Crippen LogP contribution in [-0.2, 0) is 16.6 Å². The van der Waals surface area contributed by atoms with Gasteiger partial charge in [-0.2, -0.15) is 0 Å². The van der Waals surface area contributed by atoms with E-state index in [1.54, 1.807) is 0 Å². The number of likely N-dealkylation sites (tertiary alicyclic amines) is 1. The van der Waals surface area contributed by atoms with Crippen LogP contribution < -0.4 is 4.72 Å². The number of sulfonamides is 1. The number of benzene rings is 1. The third kappa shape index (κ3) is 3.83. The van der Waals surface area contributed by atoms with Crippen LogP contribution in [0.5, 0.6) is 0 Å². The fourth-order valence-electron chi connectivity index (χ4n) is 2.89. The summed E-state index contributed by atoms with van der Waals surface area (Å²) in [5, 5.41) is -0.225. The Morgan fingerprint density at radius 1 is 1.23 bits per heavy atom. The van der Waals surface area contributed by atoms with E-state index in [4.69, 9.17) is 0 Å². The predicted molar refractivity (Wildman–Crippen MR) is 79.7 cm³/mol. The topological polar surface area (TPSA) is 49.4 Å². The molecule has 0 spiro atoms. The standard InChI is InChI=1S/C15H20F2N2O2S/c16-12-4-3-11(15(17)8-12)9-19-7-1-2-13(10-19)18-22(20,21)14-5-6-14/h3-4,8,13-14,18H,1-2,5-7,9-10H2. The molecule has 1 heterocycles. The van der Waals surface area contributed by atoms with Crippen LogP contribution in [0.4, 0.5) is 8.78 Å². The van der Waals surface area contributed by atoms with Crippen LogP contribution in [0.1, 0.15) is 31.2 Å². The molecule has 2 aliphatic rings. The highest BCUT2D eigenvalue weighted by Crippen LogP contribution is 2.28. The fraction of sp³-hybridized carbons (Fsp3) is 0.600. The molecular formula is C15H20F2N2O2S. The number of halogens is 2. The van der Waals surface area contributed by atoms with Crippen LogP contribution in [0.25, 0.3) is 0 Å². The highest BCUT2D eigenvalue weighted by Gasteiger charge is 2.37. The number of rotatable bonds is 5. The second kappa shape index (κ2) is 6.22. The normalized spacial score (nSPS) is 23.6. The number of hydrogen-bond donors (Lipinski definition) is 1. The SMILES string of the molecule is O=S(=O)(NC1CCCN(Cc2ccc(F)cc2F)C1)C1CC1. The molecule has 4 nitrogen and oxygen atoms in total. The zero-order valence-corrected chi connectivity index (χ0v) is 13.1. The molecule has 1 aromatic rings. The van der Waals surface area contributed by atoms with Crippen molar-refractivity contribution >= 4 is 10.0 Å². The maximum absolute atomic E-state index is 13.7. The van der Waals surface area contributed by atoms with Crippen molar-refractivity contribution in [3.63, 3.8) is 0 Å². The zero-order valence-electron chi connectivity index (χ0n) is 12.3. The van der Waals surface area contributed by atoms with E-state index in [9.17, 15) is 17.2 Å². The molecule has 7 heteroatoms. The van der Waals surface area contributed by atoms with Crippen molar-refractivity contribution in [3.05, 3.63) is 35.4 Å². The Hall–Kier alpha value is -1.05. The summed E-state index contributed by atoms with van der Waals surface area (Å²) in [5.41, 5.74) is 0.437. The highest BCUT2D eigenvalue weighted by molar-refractivity contribution is 7.90. The smallest absolute Gasteiger partial charge is 0.214 e. The maximum atomic E-state index is 13.7. The maximum Gasteiger partial charge on any atom is 0.214 e. The Morgan fingerprint density at radius 3 is 2.68 bits per heavy atom. The second-order valence-electron chi connectivity index (χ2n) is 6.17. The predicted octanol–water partition coefficient (Wildman–Crippen LogP) is 2.01. The molecule has 1 aromatic carbocycles. The summed E-state index contributed by atoms with van der Waals surface area (Å²) < 4.78 is 53.4. The van der Waals surface area contributed by atoms with Crippen LogP contribution in [-0.4, -0.2) is 37.7 Å². The van der Waals surface area contributed by atoms with Gasteiger partial charge in [0.25, 0.3) is 0 Å². The molecule has 22 heavy (non-hydrogen) atoms. The lowest BCUT2D eigenvalue weighted by Gasteiger charge is -2.33. The molecule has 0 aromatic heterocycles. The summed E-state index contributed by atoms with van der Waals surface area (Å²) in [6.45, 7) is 1.72. The van der Waals surface area contributed by atoms with Gasteiger partial charge in [0.1, 0.15) is 11.6 Å². The third-order valence-corrected chi connectivity index (χ3v) is 6.22. The van der Waals surface area contributed by atoms with Crippen molar-refractivity contribution in [2.24, 2.45) is 0 Å². The van der Waals surface area contributed by atoms with Gasteiger partial charge in [-0.1, -0.05) is 6.07 Å². The van der Waals surface area contributed by atoms with E-state index in [1.807, 2.05) is 4.90 Å². The molecule has 1 saturated heterocycles.